The van der Waals surface area contributed by atoms with E-state index in [1.54, 1.807) is 0 Å². The molecule has 0 radical (unpaired) electrons. The second kappa shape index (κ2) is 8.15. The molecule has 4 bridgehead atoms. The molecule has 4 N–H and O–H groups in total. The molecule has 36 heavy (non-hydrogen) atoms. The van der Waals surface area contributed by atoms with Crippen molar-refractivity contribution in [3.63, 3.8) is 0 Å². The molecule has 182 valence electrons. The summed E-state index contributed by atoms with van der Waals surface area (Å²) in [5, 5.41) is 7.47. The van der Waals surface area contributed by atoms with Gasteiger partial charge in [-0.2, -0.15) is 0 Å². The van der Waals surface area contributed by atoms with Gasteiger partial charge in [-0.15, -0.1) is 0 Å². The zero-order valence-corrected chi connectivity index (χ0v) is 20.4. The van der Waals surface area contributed by atoms with Crippen molar-refractivity contribution < 1.29 is 0 Å². The van der Waals surface area contributed by atoms with E-state index in [0.717, 1.165) is 34.9 Å². The van der Waals surface area contributed by atoms with E-state index < -0.39 is 0 Å². The summed E-state index contributed by atoms with van der Waals surface area (Å²) in [7, 11) is 0. The van der Waals surface area contributed by atoms with Crippen molar-refractivity contribution in [3.8, 4) is 33.6 Å². The van der Waals surface area contributed by atoms with Gasteiger partial charge >= 0.3 is 0 Å². The van der Waals surface area contributed by atoms with E-state index in [1.165, 1.54) is 60.8 Å². The molecule has 2 aromatic heterocycles. The number of H-pyrrole nitrogens is 2. The molecular formula is C30H32N6. The minimum Gasteiger partial charge on any atom is -0.341 e. The summed E-state index contributed by atoms with van der Waals surface area (Å²) in [6, 6.07) is 19.8. The lowest BCUT2D eigenvalue weighted by molar-refractivity contribution is 0.379. The second-order valence-electron chi connectivity index (χ2n) is 11.3. The second-order valence-corrected chi connectivity index (χ2v) is 11.3. The van der Waals surface area contributed by atoms with Crippen LogP contribution in [0.15, 0.2) is 60.9 Å². The lowest BCUT2D eigenvalue weighted by Gasteiger charge is -2.20. The minimum atomic E-state index is 0.394. The molecule has 2 aliphatic heterocycles. The highest BCUT2D eigenvalue weighted by atomic mass is 15.1. The number of hydrogen-bond acceptors (Lipinski definition) is 4. The van der Waals surface area contributed by atoms with Gasteiger partial charge in [0.15, 0.2) is 0 Å². The Morgan fingerprint density at radius 1 is 0.528 bits per heavy atom. The first kappa shape index (κ1) is 20.9. The minimum absolute atomic E-state index is 0.394. The largest absolute Gasteiger partial charge is 0.341 e. The first-order chi connectivity index (χ1) is 17.8. The Hall–Kier alpha value is -3.22. The van der Waals surface area contributed by atoms with Gasteiger partial charge < -0.3 is 20.6 Å². The van der Waals surface area contributed by atoms with Crippen LogP contribution in [0.2, 0.25) is 0 Å². The van der Waals surface area contributed by atoms with Crippen molar-refractivity contribution in [1.29, 1.82) is 0 Å². The Kier molecular flexibility index (Phi) is 4.74. The topological polar surface area (TPSA) is 81.4 Å². The molecule has 4 aliphatic rings. The van der Waals surface area contributed by atoms with E-state index in [4.69, 9.17) is 9.97 Å². The van der Waals surface area contributed by atoms with E-state index in [0.29, 0.717) is 24.2 Å². The fourth-order valence-electron chi connectivity index (χ4n) is 7.29. The van der Waals surface area contributed by atoms with Gasteiger partial charge in [-0.3, -0.25) is 0 Å². The maximum atomic E-state index is 4.72. The summed E-state index contributed by atoms with van der Waals surface area (Å²) in [5.41, 5.74) is 6.98. The van der Waals surface area contributed by atoms with Crippen molar-refractivity contribution in [2.45, 2.75) is 62.7 Å². The van der Waals surface area contributed by atoms with Crippen molar-refractivity contribution in [2.24, 2.45) is 11.8 Å². The van der Waals surface area contributed by atoms with Gasteiger partial charge in [0.1, 0.15) is 11.6 Å². The number of aromatic nitrogens is 4. The van der Waals surface area contributed by atoms with E-state index >= 15 is 0 Å². The van der Waals surface area contributed by atoms with Crippen LogP contribution in [0.1, 0.15) is 62.3 Å². The molecule has 6 nitrogen and oxygen atoms in total. The van der Waals surface area contributed by atoms with Crippen LogP contribution >= 0.6 is 0 Å². The molecule has 2 aliphatic carbocycles. The molecule has 8 rings (SSSR count). The third-order valence-electron chi connectivity index (χ3n) is 9.22. The van der Waals surface area contributed by atoms with Crippen molar-refractivity contribution in [2.75, 3.05) is 0 Å². The standard InChI is InChI=1S/C30H32N6/c1-5-19(25-15-31-29(35-25)27-21-9-11-23(13-21)33-27)6-2-17(1)18-3-7-20(8-4-18)26-16-32-30(36-26)28-22-10-12-24(14-22)34-28/h1-8,15-16,21-24,27-28,33-34H,9-14H2,(H,31,35)(H,32,36)/t21-,22-,23+,24+,27-,28-/m0/s1. The summed E-state index contributed by atoms with van der Waals surface area (Å²) < 4.78 is 0. The normalized spacial score (nSPS) is 30.4. The van der Waals surface area contributed by atoms with Crippen molar-refractivity contribution in [1.82, 2.24) is 30.6 Å². The highest BCUT2D eigenvalue weighted by Gasteiger charge is 2.42. The molecule has 0 amide bonds. The van der Waals surface area contributed by atoms with Crippen LogP contribution in [0.4, 0.5) is 0 Å². The molecule has 4 aromatic rings. The fraction of sp³-hybridized carbons (Fsp3) is 0.400. The Morgan fingerprint density at radius 3 is 1.31 bits per heavy atom. The number of nitrogens with zero attached hydrogens (tertiary/aromatic N) is 2. The average Bonchev–Trinajstić information content (AvgIpc) is 3.76. The number of fused-ring (bicyclic) bond motifs is 4. The van der Waals surface area contributed by atoms with Crippen LogP contribution < -0.4 is 10.6 Å². The quantitative estimate of drug-likeness (QED) is 0.295. The highest BCUT2D eigenvalue weighted by molar-refractivity contribution is 5.71. The van der Waals surface area contributed by atoms with Gasteiger partial charge in [-0.25, -0.2) is 9.97 Å². The van der Waals surface area contributed by atoms with Gasteiger partial charge in [0.05, 0.1) is 35.9 Å². The summed E-state index contributed by atoms with van der Waals surface area (Å²) in [4.78, 5) is 16.6. The smallest absolute Gasteiger partial charge is 0.124 e. The van der Waals surface area contributed by atoms with Gasteiger partial charge in [0.25, 0.3) is 0 Å². The van der Waals surface area contributed by atoms with Crippen LogP contribution in [-0.4, -0.2) is 32.0 Å². The summed E-state index contributed by atoms with van der Waals surface area (Å²) >= 11 is 0. The molecule has 0 unspecified atom stereocenters. The zero-order chi connectivity index (χ0) is 23.6. The monoisotopic (exact) mass is 476 g/mol. The van der Waals surface area contributed by atoms with Gasteiger partial charge in [0.2, 0.25) is 0 Å². The molecule has 2 aromatic carbocycles. The molecule has 2 saturated carbocycles. The lowest BCUT2D eigenvalue weighted by Crippen LogP contribution is -2.29. The van der Waals surface area contributed by atoms with Gasteiger partial charge in [0, 0.05) is 12.1 Å². The number of hydrogen-bond donors (Lipinski definition) is 4. The fourth-order valence-corrected chi connectivity index (χ4v) is 7.29. The number of rotatable bonds is 5. The molecule has 0 spiro atoms. The number of nitrogens with one attached hydrogen (secondary N) is 4. The number of piperidine rings is 2. The van der Waals surface area contributed by atoms with Crippen LogP contribution in [0.5, 0.6) is 0 Å². The van der Waals surface area contributed by atoms with Crippen LogP contribution in [0, 0.1) is 11.8 Å². The van der Waals surface area contributed by atoms with Gasteiger partial charge in [-0.05, 0) is 72.6 Å². The van der Waals surface area contributed by atoms with Crippen molar-refractivity contribution >= 4 is 0 Å². The molecular weight excluding hydrogens is 444 g/mol. The maximum Gasteiger partial charge on any atom is 0.124 e. The average molecular weight is 477 g/mol. The predicted octanol–water partition coefficient (Wildman–Crippen LogP) is 5.76. The lowest BCUT2D eigenvalue weighted by atomic mass is 9.99. The Balaban J connectivity index is 0.972. The maximum absolute atomic E-state index is 4.72. The predicted molar refractivity (Wildman–Crippen MR) is 141 cm³/mol. The number of benzene rings is 2. The van der Waals surface area contributed by atoms with E-state index in [9.17, 15) is 0 Å². The van der Waals surface area contributed by atoms with Crippen molar-refractivity contribution in [3.05, 3.63) is 72.6 Å². The highest BCUT2D eigenvalue weighted by Crippen LogP contribution is 2.43. The third kappa shape index (κ3) is 3.46. The van der Waals surface area contributed by atoms with Crippen LogP contribution in [0.25, 0.3) is 33.6 Å². The zero-order valence-electron chi connectivity index (χ0n) is 20.4. The van der Waals surface area contributed by atoms with E-state index in [-0.39, 0.29) is 0 Å². The van der Waals surface area contributed by atoms with Gasteiger partial charge in [-0.1, -0.05) is 48.5 Å². The van der Waals surface area contributed by atoms with Crippen LogP contribution in [0.3, 0.4) is 0 Å². The van der Waals surface area contributed by atoms with E-state index in [2.05, 4.69) is 69.1 Å². The number of aromatic amines is 2. The first-order valence-corrected chi connectivity index (χ1v) is 13.6. The first-order valence-electron chi connectivity index (χ1n) is 13.6. The number of imidazole rings is 2. The molecule has 6 atom stereocenters. The Morgan fingerprint density at radius 2 is 0.944 bits per heavy atom. The summed E-state index contributed by atoms with van der Waals surface area (Å²) in [6.45, 7) is 0. The SMILES string of the molecule is c1cc(-c2cnc([C@H]3N[C@@H]4CC[C@H]3C4)[nH]2)ccc1-c1ccc(-c2cnc([C@H]3N[C@@H]4CC[C@H]3C4)[nH]2)cc1. The Bertz CT molecular complexity index is 1280. The molecule has 4 heterocycles. The van der Waals surface area contributed by atoms with E-state index in [1.807, 2.05) is 12.4 Å². The summed E-state index contributed by atoms with van der Waals surface area (Å²) in [5.74, 6) is 3.66. The molecule has 6 heteroatoms. The van der Waals surface area contributed by atoms with Crippen LogP contribution in [-0.2, 0) is 0 Å². The third-order valence-corrected chi connectivity index (χ3v) is 9.22. The molecule has 2 saturated heterocycles. The Labute approximate surface area is 211 Å². The molecule has 4 fully saturated rings. The summed E-state index contributed by atoms with van der Waals surface area (Å²) in [6.07, 6.45) is 11.9.